The zero-order valence-electron chi connectivity index (χ0n) is 10.6. The number of aliphatic hydroxyl groups is 1. The lowest BCUT2D eigenvalue weighted by molar-refractivity contribution is 0.0448. The van der Waals surface area contributed by atoms with Crippen LogP contribution in [-0.2, 0) is 5.60 Å². The largest absolute Gasteiger partial charge is 0.384 e. The van der Waals surface area contributed by atoms with E-state index in [0.717, 1.165) is 30.1 Å². The van der Waals surface area contributed by atoms with E-state index < -0.39 is 5.60 Å². The zero-order chi connectivity index (χ0) is 12.0. The van der Waals surface area contributed by atoms with Crippen LogP contribution in [0.15, 0.2) is 18.5 Å². The molecule has 2 unspecified atom stereocenters. The second-order valence-electron chi connectivity index (χ2n) is 5.74. The molecule has 1 aromatic rings. The summed E-state index contributed by atoms with van der Waals surface area (Å²) in [4.78, 5) is 6.67. The monoisotopic (exact) mass is 232 g/mol. The molecule has 92 valence electrons. The highest BCUT2D eigenvalue weighted by molar-refractivity contribution is 5.25. The van der Waals surface area contributed by atoms with Crippen LogP contribution in [0.4, 0.5) is 0 Å². The number of hydrogen-bond donors (Lipinski definition) is 1. The van der Waals surface area contributed by atoms with Gasteiger partial charge in [-0.05, 0) is 38.7 Å². The van der Waals surface area contributed by atoms with Gasteiger partial charge in [0.2, 0.25) is 0 Å². The van der Waals surface area contributed by atoms with Crippen LogP contribution in [0.25, 0.3) is 0 Å². The Morgan fingerprint density at radius 3 is 2.82 bits per heavy atom. The number of rotatable bonds is 2. The summed E-state index contributed by atoms with van der Waals surface area (Å²) < 4.78 is 0. The topological polar surface area (TPSA) is 36.4 Å². The highest BCUT2D eigenvalue weighted by atomic mass is 16.3. The van der Waals surface area contributed by atoms with Crippen LogP contribution in [0, 0.1) is 6.92 Å². The maximum absolute atomic E-state index is 10.8. The maximum Gasteiger partial charge on any atom is 0.105 e. The van der Waals surface area contributed by atoms with Crippen molar-refractivity contribution in [2.75, 3.05) is 6.54 Å². The van der Waals surface area contributed by atoms with E-state index in [9.17, 15) is 5.11 Å². The maximum atomic E-state index is 10.8. The molecule has 2 atom stereocenters. The van der Waals surface area contributed by atoms with E-state index in [4.69, 9.17) is 0 Å². The third-order valence-electron chi connectivity index (χ3n) is 4.07. The lowest BCUT2D eigenvalue weighted by atomic mass is 9.92. The zero-order valence-corrected chi connectivity index (χ0v) is 10.6. The number of hydrogen-bond acceptors (Lipinski definition) is 3. The van der Waals surface area contributed by atoms with Gasteiger partial charge in [0.15, 0.2) is 0 Å². The Balaban J connectivity index is 1.87. The minimum atomic E-state index is -0.693. The first-order valence-electron chi connectivity index (χ1n) is 6.49. The molecule has 1 saturated heterocycles. The Kier molecular flexibility index (Phi) is 2.49. The molecule has 0 bridgehead atoms. The number of aryl methyl sites for hydroxylation is 1. The molecule has 1 aromatic heterocycles. The van der Waals surface area contributed by atoms with Crippen LogP contribution in [0.1, 0.15) is 37.3 Å². The Bertz CT molecular complexity index is 430. The minimum absolute atomic E-state index is 0.480. The van der Waals surface area contributed by atoms with Gasteiger partial charge in [-0.2, -0.15) is 0 Å². The summed E-state index contributed by atoms with van der Waals surface area (Å²) in [6, 6.07) is 3.26. The predicted molar refractivity (Wildman–Crippen MR) is 66.7 cm³/mol. The molecule has 0 aromatic carbocycles. The first-order chi connectivity index (χ1) is 8.08. The van der Waals surface area contributed by atoms with Crippen LogP contribution < -0.4 is 0 Å². The summed E-state index contributed by atoms with van der Waals surface area (Å²) in [7, 11) is 0. The van der Waals surface area contributed by atoms with E-state index in [0.29, 0.717) is 6.04 Å². The average Bonchev–Trinajstić information content (AvgIpc) is 3.06. The summed E-state index contributed by atoms with van der Waals surface area (Å²) >= 11 is 0. The molecule has 17 heavy (non-hydrogen) atoms. The number of nitrogens with zero attached hydrogens (tertiary/aromatic N) is 2. The Hall–Kier alpha value is -0.930. The normalized spacial score (nSPS) is 34.2. The Morgan fingerprint density at radius 1 is 1.41 bits per heavy atom. The highest BCUT2D eigenvalue weighted by Gasteiger charge is 2.46. The number of likely N-dealkylation sites (tertiary alicyclic amines) is 1. The number of β-amino-alcohol motifs (C(OH)–C–C–N with tert-alkyl or cyclic N) is 1. The van der Waals surface area contributed by atoms with Gasteiger partial charge in [0, 0.05) is 36.6 Å². The average molecular weight is 232 g/mol. The van der Waals surface area contributed by atoms with Crippen molar-refractivity contribution in [1.82, 2.24) is 9.88 Å². The van der Waals surface area contributed by atoms with Gasteiger partial charge in [-0.3, -0.25) is 9.88 Å². The third kappa shape index (κ3) is 1.98. The quantitative estimate of drug-likeness (QED) is 0.845. The van der Waals surface area contributed by atoms with Crippen LogP contribution in [0.2, 0.25) is 0 Å². The fourth-order valence-corrected chi connectivity index (χ4v) is 3.04. The van der Waals surface area contributed by atoms with Gasteiger partial charge >= 0.3 is 0 Å². The second-order valence-corrected chi connectivity index (χ2v) is 5.74. The molecule has 2 aliphatic rings. The second kappa shape index (κ2) is 3.79. The van der Waals surface area contributed by atoms with E-state index in [1.807, 2.05) is 19.3 Å². The van der Waals surface area contributed by atoms with Crippen molar-refractivity contribution in [3.8, 4) is 0 Å². The van der Waals surface area contributed by atoms with Crippen molar-refractivity contribution in [3.05, 3.63) is 29.6 Å². The molecule has 3 heteroatoms. The lowest BCUT2D eigenvalue weighted by Gasteiger charge is -2.24. The third-order valence-corrected chi connectivity index (χ3v) is 4.07. The summed E-state index contributed by atoms with van der Waals surface area (Å²) in [5.74, 6) is 0. The minimum Gasteiger partial charge on any atom is -0.384 e. The van der Waals surface area contributed by atoms with Crippen molar-refractivity contribution < 1.29 is 5.11 Å². The molecule has 2 fully saturated rings. The van der Waals surface area contributed by atoms with Crippen molar-refractivity contribution >= 4 is 0 Å². The fourth-order valence-electron chi connectivity index (χ4n) is 3.04. The summed E-state index contributed by atoms with van der Waals surface area (Å²) in [5, 5.41) is 10.8. The molecule has 0 amide bonds. The van der Waals surface area contributed by atoms with Gasteiger partial charge in [0.05, 0.1) is 0 Å². The smallest absolute Gasteiger partial charge is 0.105 e. The van der Waals surface area contributed by atoms with E-state index in [1.54, 1.807) is 0 Å². The van der Waals surface area contributed by atoms with Gasteiger partial charge in [-0.25, -0.2) is 0 Å². The molecule has 1 aliphatic heterocycles. The predicted octanol–water partition coefficient (Wildman–Crippen LogP) is 1.83. The van der Waals surface area contributed by atoms with Crippen LogP contribution in [0.3, 0.4) is 0 Å². The van der Waals surface area contributed by atoms with Crippen LogP contribution >= 0.6 is 0 Å². The SMILES string of the molecule is Cc1cncc(C2(O)CC(C)N(C3CC3)C2)c1. The molecule has 2 heterocycles. The van der Waals surface area contributed by atoms with E-state index >= 15 is 0 Å². The molecule has 3 nitrogen and oxygen atoms in total. The first kappa shape index (κ1) is 11.2. The molecular formula is C14H20N2O. The summed E-state index contributed by atoms with van der Waals surface area (Å²) in [6.07, 6.45) is 7.08. The van der Waals surface area contributed by atoms with Gasteiger partial charge in [0.1, 0.15) is 5.60 Å². The van der Waals surface area contributed by atoms with E-state index in [1.165, 1.54) is 12.8 Å². The van der Waals surface area contributed by atoms with Crippen LogP contribution in [0.5, 0.6) is 0 Å². The summed E-state index contributed by atoms with van der Waals surface area (Å²) in [6.45, 7) is 5.01. The van der Waals surface area contributed by atoms with E-state index in [2.05, 4.69) is 22.9 Å². The first-order valence-corrected chi connectivity index (χ1v) is 6.49. The molecule has 1 saturated carbocycles. The van der Waals surface area contributed by atoms with Crippen molar-refractivity contribution in [3.63, 3.8) is 0 Å². The molecule has 1 N–H and O–H groups in total. The Labute approximate surface area is 102 Å². The lowest BCUT2D eigenvalue weighted by Crippen LogP contribution is -2.33. The fraction of sp³-hybridized carbons (Fsp3) is 0.643. The van der Waals surface area contributed by atoms with Gasteiger partial charge in [-0.15, -0.1) is 0 Å². The van der Waals surface area contributed by atoms with Crippen molar-refractivity contribution in [1.29, 1.82) is 0 Å². The van der Waals surface area contributed by atoms with E-state index in [-0.39, 0.29) is 0 Å². The molecular weight excluding hydrogens is 212 g/mol. The molecule has 1 aliphatic carbocycles. The van der Waals surface area contributed by atoms with Gasteiger partial charge in [-0.1, -0.05) is 6.07 Å². The van der Waals surface area contributed by atoms with Crippen LogP contribution in [-0.4, -0.2) is 33.6 Å². The van der Waals surface area contributed by atoms with Crippen molar-refractivity contribution in [2.45, 2.75) is 50.8 Å². The van der Waals surface area contributed by atoms with Gasteiger partial charge < -0.3 is 5.11 Å². The van der Waals surface area contributed by atoms with Gasteiger partial charge in [0.25, 0.3) is 0 Å². The molecule has 0 spiro atoms. The standard InChI is InChI=1S/C14H20N2O/c1-10-5-12(8-15-7-10)14(17)6-11(2)16(9-14)13-3-4-13/h5,7-8,11,13,17H,3-4,6,9H2,1-2H3. The highest BCUT2D eigenvalue weighted by Crippen LogP contribution is 2.41. The Morgan fingerprint density at radius 2 is 2.18 bits per heavy atom. The molecule has 0 radical (unpaired) electrons. The molecule has 3 rings (SSSR count). The number of pyridine rings is 1. The van der Waals surface area contributed by atoms with Crippen molar-refractivity contribution in [2.24, 2.45) is 0 Å². The summed E-state index contributed by atoms with van der Waals surface area (Å²) in [5.41, 5.74) is 1.40. The number of aromatic nitrogens is 1.